The van der Waals surface area contributed by atoms with Crippen molar-refractivity contribution >= 4 is 11.3 Å². The predicted molar refractivity (Wildman–Crippen MR) is 51.7 cm³/mol. The van der Waals surface area contributed by atoms with E-state index in [0.29, 0.717) is 0 Å². The Morgan fingerprint density at radius 1 is 1.12 bits per heavy atom. The lowest BCUT2D eigenvalue weighted by Gasteiger charge is -2.30. The molecule has 1 N–H and O–H groups in total. The van der Waals surface area contributed by atoms with Crippen LogP contribution in [0, 0.1) is 5.92 Å². The second kappa shape index (κ2) is 4.85. The zero-order valence-corrected chi connectivity index (χ0v) is 9.38. The van der Waals surface area contributed by atoms with Crippen LogP contribution in [0.15, 0.2) is 16.8 Å². The molecule has 1 aromatic rings. The summed E-state index contributed by atoms with van der Waals surface area (Å²) in [5.41, 5.74) is -0.0165. The summed E-state index contributed by atoms with van der Waals surface area (Å²) < 4.78 is 74.9. The summed E-state index contributed by atoms with van der Waals surface area (Å²) in [7, 11) is 1.08. The lowest BCUT2D eigenvalue weighted by Crippen LogP contribution is -2.44. The molecule has 1 unspecified atom stereocenters. The number of thiophene rings is 1. The zero-order chi connectivity index (χ0) is 13.3. The fraction of sp³-hybridized carbons (Fsp3) is 0.556. The van der Waals surface area contributed by atoms with E-state index in [0.717, 1.165) is 18.4 Å². The van der Waals surface area contributed by atoms with Gasteiger partial charge in [-0.05, 0) is 29.4 Å². The topological polar surface area (TPSA) is 12.0 Å². The first-order chi connectivity index (χ1) is 7.68. The first kappa shape index (κ1) is 14.3. The monoisotopic (exact) mass is 277 g/mol. The van der Waals surface area contributed by atoms with Crippen LogP contribution in [0.4, 0.5) is 26.3 Å². The lowest BCUT2D eigenvalue weighted by molar-refractivity contribution is -0.292. The minimum absolute atomic E-state index is 0.0165. The van der Waals surface area contributed by atoms with Crippen molar-refractivity contribution in [3.63, 3.8) is 0 Å². The third-order valence-electron chi connectivity index (χ3n) is 2.25. The van der Waals surface area contributed by atoms with E-state index in [9.17, 15) is 26.3 Å². The molecule has 0 spiro atoms. The van der Waals surface area contributed by atoms with E-state index in [1.165, 1.54) is 16.8 Å². The average Bonchev–Trinajstić information content (AvgIpc) is 2.61. The van der Waals surface area contributed by atoms with Gasteiger partial charge in [-0.25, -0.2) is 0 Å². The van der Waals surface area contributed by atoms with Crippen LogP contribution in [-0.4, -0.2) is 19.4 Å². The molecule has 0 saturated heterocycles. The average molecular weight is 277 g/mol. The van der Waals surface area contributed by atoms with Crippen LogP contribution < -0.4 is 5.32 Å². The highest BCUT2D eigenvalue weighted by molar-refractivity contribution is 7.07. The fourth-order valence-corrected chi connectivity index (χ4v) is 2.24. The predicted octanol–water partition coefficient (Wildman–Crippen LogP) is 3.75. The highest BCUT2D eigenvalue weighted by Crippen LogP contribution is 2.46. The van der Waals surface area contributed by atoms with E-state index in [1.807, 2.05) is 0 Å². The molecule has 0 fully saturated rings. The van der Waals surface area contributed by atoms with Crippen molar-refractivity contribution in [3.05, 3.63) is 22.4 Å². The van der Waals surface area contributed by atoms with Gasteiger partial charge < -0.3 is 5.32 Å². The summed E-state index contributed by atoms with van der Waals surface area (Å²) >= 11 is 1.05. The fourth-order valence-electron chi connectivity index (χ4n) is 1.54. The van der Waals surface area contributed by atoms with Crippen LogP contribution in [0.25, 0.3) is 0 Å². The van der Waals surface area contributed by atoms with Gasteiger partial charge in [0.05, 0.1) is 6.04 Å². The molecular weight excluding hydrogens is 268 g/mol. The number of rotatable bonds is 3. The van der Waals surface area contributed by atoms with Gasteiger partial charge in [0, 0.05) is 0 Å². The van der Waals surface area contributed by atoms with Gasteiger partial charge >= 0.3 is 12.4 Å². The second-order valence-corrected chi connectivity index (χ2v) is 4.16. The number of alkyl halides is 6. The van der Waals surface area contributed by atoms with Gasteiger partial charge in [-0.15, -0.1) is 0 Å². The highest BCUT2D eigenvalue weighted by atomic mass is 32.1. The first-order valence-corrected chi connectivity index (χ1v) is 5.45. The summed E-state index contributed by atoms with van der Waals surface area (Å²) in [4.78, 5) is 0. The molecule has 0 radical (unpaired) electrons. The van der Waals surface area contributed by atoms with E-state index in [4.69, 9.17) is 0 Å². The summed E-state index contributed by atoms with van der Waals surface area (Å²) in [6.45, 7) is 0. The number of halogens is 6. The maximum atomic E-state index is 12.5. The zero-order valence-electron chi connectivity index (χ0n) is 8.56. The Hall–Kier alpha value is -0.760. The Morgan fingerprint density at radius 2 is 1.65 bits per heavy atom. The highest BCUT2D eigenvalue weighted by Gasteiger charge is 2.60. The maximum absolute atomic E-state index is 12.5. The Kier molecular flexibility index (Phi) is 4.08. The Bertz CT molecular complexity index is 327. The van der Waals surface area contributed by atoms with E-state index in [-0.39, 0.29) is 5.56 Å². The van der Waals surface area contributed by atoms with Crippen molar-refractivity contribution in [3.8, 4) is 0 Å². The molecule has 17 heavy (non-hydrogen) atoms. The molecule has 0 aliphatic rings. The minimum Gasteiger partial charge on any atom is -0.312 e. The standard InChI is InChI=1S/C9H9F6NS/c1-16-6(5-2-3-17-4-5)7(8(10,11)12)9(13,14)15/h2-4,6-7,16H,1H3. The third kappa shape index (κ3) is 3.35. The lowest BCUT2D eigenvalue weighted by atomic mass is 9.93. The van der Waals surface area contributed by atoms with Crippen LogP contribution in [0.3, 0.4) is 0 Å². The molecule has 0 aliphatic heterocycles. The van der Waals surface area contributed by atoms with Crippen molar-refractivity contribution < 1.29 is 26.3 Å². The summed E-state index contributed by atoms with van der Waals surface area (Å²) in [5.74, 6) is -3.41. The molecule has 0 saturated carbocycles. The SMILES string of the molecule is CNC(c1ccsc1)C(C(F)(F)F)C(F)(F)F. The summed E-state index contributed by atoms with van der Waals surface area (Å²) in [6, 6.07) is -0.572. The maximum Gasteiger partial charge on any atom is 0.402 e. The van der Waals surface area contributed by atoms with Crippen molar-refractivity contribution in [1.29, 1.82) is 0 Å². The quantitative estimate of drug-likeness (QED) is 0.830. The number of hydrogen-bond acceptors (Lipinski definition) is 2. The molecule has 0 amide bonds. The molecule has 0 aromatic carbocycles. The van der Waals surface area contributed by atoms with Crippen LogP contribution in [-0.2, 0) is 0 Å². The molecule has 1 atom stereocenters. The minimum atomic E-state index is -5.34. The molecule has 0 bridgehead atoms. The van der Waals surface area contributed by atoms with Crippen LogP contribution in [0.5, 0.6) is 0 Å². The Balaban J connectivity index is 3.13. The van der Waals surface area contributed by atoms with Gasteiger partial charge in [-0.3, -0.25) is 0 Å². The summed E-state index contributed by atoms with van der Waals surface area (Å²) in [6.07, 6.45) is -10.7. The largest absolute Gasteiger partial charge is 0.402 e. The third-order valence-corrected chi connectivity index (χ3v) is 2.95. The van der Waals surface area contributed by atoms with Gasteiger partial charge in [0.15, 0.2) is 5.92 Å². The van der Waals surface area contributed by atoms with Gasteiger partial charge in [0.25, 0.3) is 0 Å². The molecular formula is C9H9F6NS. The van der Waals surface area contributed by atoms with Crippen LogP contribution in [0.2, 0.25) is 0 Å². The molecule has 1 aromatic heterocycles. The Labute approximate surface area is 97.4 Å². The smallest absolute Gasteiger partial charge is 0.312 e. The summed E-state index contributed by atoms with van der Waals surface area (Å²) in [5, 5.41) is 4.79. The molecule has 8 heteroatoms. The van der Waals surface area contributed by atoms with Gasteiger partial charge in [-0.1, -0.05) is 0 Å². The van der Waals surface area contributed by atoms with Gasteiger partial charge in [0.2, 0.25) is 0 Å². The number of hydrogen-bond donors (Lipinski definition) is 1. The number of nitrogens with one attached hydrogen (secondary N) is 1. The van der Waals surface area contributed by atoms with E-state index in [1.54, 1.807) is 0 Å². The van der Waals surface area contributed by atoms with Crippen molar-refractivity contribution in [2.75, 3.05) is 7.05 Å². The van der Waals surface area contributed by atoms with Gasteiger partial charge in [0.1, 0.15) is 0 Å². The van der Waals surface area contributed by atoms with Gasteiger partial charge in [-0.2, -0.15) is 37.7 Å². The normalized spacial score (nSPS) is 15.3. The van der Waals surface area contributed by atoms with Crippen molar-refractivity contribution in [2.45, 2.75) is 18.4 Å². The molecule has 1 heterocycles. The molecule has 1 nitrogen and oxygen atoms in total. The van der Waals surface area contributed by atoms with Crippen molar-refractivity contribution in [2.24, 2.45) is 5.92 Å². The molecule has 0 aliphatic carbocycles. The van der Waals surface area contributed by atoms with Crippen LogP contribution >= 0.6 is 11.3 Å². The van der Waals surface area contributed by atoms with E-state index < -0.39 is 24.3 Å². The van der Waals surface area contributed by atoms with Crippen molar-refractivity contribution in [1.82, 2.24) is 5.32 Å². The van der Waals surface area contributed by atoms with E-state index in [2.05, 4.69) is 5.32 Å². The Morgan fingerprint density at radius 3 is 1.94 bits per heavy atom. The first-order valence-electron chi connectivity index (χ1n) is 4.50. The van der Waals surface area contributed by atoms with E-state index >= 15 is 0 Å². The molecule has 1 rings (SSSR count). The molecule has 98 valence electrons. The second-order valence-electron chi connectivity index (χ2n) is 3.38. The van der Waals surface area contributed by atoms with Crippen LogP contribution in [0.1, 0.15) is 11.6 Å².